The van der Waals surface area contributed by atoms with Crippen LogP contribution >= 0.6 is 0 Å². The van der Waals surface area contributed by atoms with Gasteiger partial charge in [0, 0.05) is 13.1 Å². The summed E-state index contributed by atoms with van der Waals surface area (Å²) in [7, 11) is 0. The first-order valence-corrected chi connectivity index (χ1v) is 7.64. The van der Waals surface area contributed by atoms with E-state index in [1.54, 1.807) is 0 Å². The van der Waals surface area contributed by atoms with Crippen LogP contribution in [-0.4, -0.2) is 35.2 Å². The second kappa shape index (κ2) is 5.26. The van der Waals surface area contributed by atoms with Gasteiger partial charge in [0.05, 0.1) is 5.60 Å². The monoisotopic (exact) mass is 259 g/mol. The zero-order valence-corrected chi connectivity index (χ0v) is 11.9. The molecule has 1 N–H and O–H groups in total. The Morgan fingerprint density at radius 1 is 1.26 bits per heavy atom. The molecule has 0 amide bonds. The minimum absolute atomic E-state index is 0.446. The SMILES string of the molecule is CC1(O)CCN(CCC2CCC2c2ccccc2)C1. The fourth-order valence-electron chi connectivity index (χ4n) is 3.63. The molecule has 1 aromatic carbocycles. The second-order valence-electron chi connectivity index (χ2n) is 6.67. The van der Waals surface area contributed by atoms with E-state index in [0.717, 1.165) is 37.9 Å². The van der Waals surface area contributed by atoms with Gasteiger partial charge in [-0.1, -0.05) is 30.3 Å². The first-order chi connectivity index (χ1) is 9.14. The lowest BCUT2D eigenvalue weighted by Gasteiger charge is -2.38. The highest BCUT2D eigenvalue weighted by atomic mass is 16.3. The van der Waals surface area contributed by atoms with E-state index in [0.29, 0.717) is 0 Å². The summed E-state index contributed by atoms with van der Waals surface area (Å²) in [6.07, 6.45) is 4.95. The fraction of sp³-hybridized carbons (Fsp3) is 0.647. The predicted octanol–water partition coefficient (Wildman–Crippen LogP) is 3.03. The summed E-state index contributed by atoms with van der Waals surface area (Å²) in [6, 6.07) is 11.0. The highest BCUT2D eigenvalue weighted by Crippen LogP contribution is 2.44. The Kier molecular flexibility index (Phi) is 3.64. The molecule has 1 aromatic rings. The summed E-state index contributed by atoms with van der Waals surface area (Å²) in [5, 5.41) is 9.99. The number of rotatable bonds is 4. The molecule has 1 aliphatic carbocycles. The van der Waals surface area contributed by atoms with Crippen LogP contribution < -0.4 is 0 Å². The number of benzene rings is 1. The Hall–Kier alpha value is -0.860. The van der Waals surface area contributed by atoms with Crippen LogP contribution in [0.3, 0.4) is 0 Å². The molecule has 2 heteroatoms. The third-order valence-corrected chi connectivity index (χ3v) is 4.99. The van der Waals surface area contributed by atoms with Crippen LogP contribution in [0.1, 0.15) is 44.1 Å². The number of nitrogens with zero attached hydrogens (tertiary/aromatic N) is 1. The molecule has 3 atom stereocenters. The van der Waals surface area contributed by atoms with Crippen molar-refractivity contribution >= 4 is 0 Å². The molecule has 1 saturated heterocycles. The Morgan fingerprint density at radius 3 is 2.63 bits per heavy atom. The summed E-state index contributed by atoms with van der Waals surface area (Å²) < 4.78 is 0. The van der Waals surface area contributed by atoms with Crippen molar-refractivity contribution in [2.75, 3.05) is 19.6 Å². The van der Waals surface area contributed by atoms with Crippen LogP contribution in [0.5, 0.6) is 0 Å². The summed E-state index contributed by atoms with van der Waals surface area (Å²) in [6.45, 7) is 5.04. The molecule has 3 rings (SSSR count). The molecule has 0 radical (unpaired) electrons. The summed E-state index contributed by atoms with van der Waals surface area (Å²) in [5.41, 5.74) is 1.07. The Balaban J connectivity index is 1.49. The van der Waals surface area contributed by atoms with Gasteiger partial charge in [-0.05, 0) is 56.6 Å². The second-order valence-corrected chi connectivity index (χ2v) is 6.67. The lowest BCUT2D eigenvalue weighted by molar-refractivity contribution is 0.0669. The van der Waals surface area contributed by atoms with E-state index in [4.69, 9.17) is 0 Å². The van der Waals surface area contributed by atoms with Gasteiger partial charge >= 0.3 is 0 Å². The zero-order valence-electron chi connectivity index (χ0n) is 11.9. The zero-order chi connectivity index (χ0) is 13.3. The third-order valence-electron chi connectivity index (χ3n) is 4.99. The van der Waals surface area contributed by atoms with E-state index < -0.39 is 5.60 Å². The van der Waals surface area contributed by atoms with Crippen LogP contribution in [0.2, 0.25) is 0 Å². The molecule has 0 bridgehead atoms. The van der Waals surface area contributed by atoms with Crippen molar-refractivity contribution < 1.29 is 5.11 Å². The topological polar surface area (TPSA) is 23.5 Å². The van der Waals surface area contributed by atoms with Crippen LogP contribution in [0.4, 0.5) is 0 Å². The van der Waals surface area contributed by atoms with Crippen molar-refractivity contribution in [3.8, 4) is 0 Å². The highest BCUT2D eigenvalue weighted by Gasteiger charge is 2.34. The predicted molar refractivity (Wildman–Crippen MR) is 78.2 cm³/mol. The maximum atomic E-state index is 9.99. The van der Waals surface area contributed by atoms with Gasteiger partial charge in [0.1, 0.15) is 0 Å². The van der Waals surface area contributed by atoms with Crippen molar-refractivity contribution in [1.29, 1.82) is 0 Å². The Morgan fingerprint density at radius 2 is 2.05 bits per heavy atom. The quantitative estimate of drug-likeness (QED) is 0.898. The first kappa shape index (κ1) is 13.1. The number of β-amino-alcohol motifs (C(OH)–C–C–N with tert-alkyl or cyclic N) is 1. The van der Waals surface area contributed by atoms with E-state index in [9.17, 15) is 5.11 Å². The molecule has 2 nitrogen and oxygen atoms in total. The van der Waals surface area contributed by atoms with Gasteiger partial charge in [0.15, 0.2) is 0 Å². The van der Waals surface area contributed by atoms with Crippen LogP contribution in [0, 0.1) is 5.92 Å². The van der Waals surface area contributed by atoms with Gasteiger partial charge in [-0.3, -0.25) is 0 Å². The Labute approximate surface area is 116 Å². The largest absolute Gasteiger partial charge is 0.389 e. The molecule has 2 fully saturated rings. The molecular weight excluding hydrogens is 234 g/mol. The summed E-state index contributed by atoms with van der Waals surface area (Å²) >= 11 is 0. The van der Waals surface area contributed by atoms with Crippen LogP contribution in [0.25, 0.3) is 0 Å². The van der Waals surface area contributed by atoms with Gasteiger partial charge in [-0.15, -0.1) is 0 Å². The lowest BCUT2D eigenvalue weighted by atomic mass is 9.68. The van der Waals surface area contributed by atoms with Crippen molar-refractivity contribution in [3.05, 3.63) is 35.9 Å². The fourth-order valence-corrected chi connectivity index (χ4v) is 3.63. The molecule has 19 heavy (non-hydrogen) atoms. The smallest absolute Gasteiger partial charge is 0.0758 e. The van der Waals surface area contributed by atoms with Gasteiger partial charge in [0.2, 0.25) is 0 Å². The minimum Gasteiger partial charge on any atom is -0.389 e. The van der Waals surface area contributed by atoms with Crippen molar-refractivity contribution in [2.24, 2.45) is 5.92 Å². The maximum Gasteiger partial charge on any atom is 0.0758 e. The van der Waals surface area contributed by atoms with E-state index in [-0.39, 0.29) is 0 Å². The Bertz CT molecular complexity index is 415. The maximum absolute atomic E-state index is 9.99. The van der Waals surface area contributed by atoms with Crippen LogP contribution in [0.15, 0.2) is 30.3 Å². The van der Waals surface area contributed by atoms with E-state index in [1.807, 2.05) is 6.92 Å². The van der Waals surface area contributed by atoms with Gasteiger partial charge < -0.3 is 10.0 Å². The highest BCUT2D eigenvalue weighted by molar-refractivity contribution is 5.22. The number of likely N-dealkylation sites (tertiary alicyclic amines) is 1. The average Bonchev–Trinajstić information content (AvgIpc) is 2.69. The number of aliphatic hydroxyl groups is 1. The van der Waals surface area contributed by atoms with Gasteiger partial charge in [-0.2, -0.15) is 0 Å². The van der Waals surface area contributed by atoms with Crippen molar-refractivity contribution in [3.63, 3.8) is 0 Å². The number of hydrogen-bond donors (Lipinski definition) is 1. The van der Waals surface area contributed by atoms with Crippen molar-refractivity contribution in [2.45, 2.75) is 44.1 Å². The first-order valence-electron chi connectivity index (χ1n) is 7.64. The van der Waals surface area contributed by atoms with E-state index in [1.165, 1.54) is 24.8 Å². The summed E-state index contributed by atoms with van der Waals surface area (Å²) in [5.74, 6) is 1.64. The van der Waals surface area contributed by atoms with E-state index >= 15 is 0 Å². The molecule has 3 unspecified atom stereocenters. The molecule has 0 aromatic heterocycles. The molecular formula is C17H25NO. The molecule has 104 valence electrons. The summed E-state index contributed by atoms with van der Waals surface area (Å²) in [4.78, 5) is 2.43. The lowest BCUT2D eigenvalue weighted by Crippen LogP contribution is -2.33. The van der Waals surface area contributed by atoms with Crippen molar-refractivity contribution in [1.82, 2.24) is 4.90 Å². The van der Waals surface area contributed by atoms with Crippen LogP contribution in [-0.2, 0) is 0 Å². The normalized spacial score (nSPS) is 35.3. The minimum atomic E-state index is -0.446. The van der Waals surface area contributed by atoms with Gasteiger partial charge in [-0.25, -0.2) is 0 Å². The molecule has 0 spiro atoms. The number of hydrogen-bond acceptors (Lipinski definition) is 2. The molecule has 1 heterocycles. The third kappa shape index (κ3) is 3.01. The average molecular weight is 259 g/mol. The molecule has 1 saturated carbocycles. The standard InChI is InChI=1S/C17H25NO/c1-17(19)10-12-18(13-17)11-9-15-7-8-16(15)14-5-3-2-4-6-14/h2-6,15-16,19H,7-13H2,1H3. The molecule has 1 aliphatic heterocycles. The van der Waals surface area contributed by atoms with E-state index in [2.05, 4.69) is 35.2 Å². The molecule has 2 aliphatic rings. The van der Waals surface area contributed by atoms with Gasteiger partial charge in [0.25, 0.3) is 0 Å².